The summed E-state index contributed by atoms with van der Waals surface area (Å²) < 4.78 is 5.26. The van der Waals surface area contributed by atoms with E-state index in [1.807, 2.05) is 54.6 Å². The van der Waals surface area contributed by atoms with E-state index in [1.165, 1.54) is 0 Å². The zero-order valence-electron chi connectivity index (χ0n) is 14.8. The normalized spacial score (nSPS) is 16.5. The highest BCUT2D eigenvalue weighted by atomic mass is 16.5. The Balaban J connectivity index is 1.63. The van der Waals surface area contributed by atoms with Gasteiger partial charge in [-0.05, 0) is 30.5 Å². The Hall–Kier alpha value is -2.85. The van der Waals surface area contributed by atoms with Crippen LogP contribution < -0.4 is 10.1 Å². The first-order valence-corrected chi connectivity index (χ1v) is 8.68. The smallest absolute Gasteiger partial charge is 0.233 e. The van der Waals surface area contributed by atoms with Crippen LogP contribution in [0.1, 0.15) is 18.4 Å². The average Bonchev–Trinajstić information content (AvgIpc) is 3.48. The molecule has 134 valence electrons. The van der Waals surface area contributed by atoms with Gasteiger partial charge in [-0.3, -0.25) is 4.79 Å². The highest BCUT2D eigenvalue weighted by molar-refractivity contribution is 5.98. The van der Waals surface area contributed by atoms with E-state index in [9.17, 15) is 9.90 Å². The predicted octanol–water partition coefficient (Wildman–Crippen LogP) is 4.04. The lowest BCUT2D eigenvalue weighted by Gasteiger charge is -2.19. The molecule has 1 unspecified atom stereocenters. The van der Waals surface area contributed by atoms with Gasteiger partial charge in [0.05, 0.1) is 24.3 Å². The summed E-state index contributed by atoms with van der Waals surface area (Å²) in [6.07, 6.45) is 7.80. The molecule has 26 heavy (non-hydrogen) atoms. The Labute approximate surface area is 153 Å². The third-order valence-electron chi connectivity index (χ3n) is 4.65. The third kappa shape index (κ3) is 4.03. The van der Waals surface area contributed by atoms with Gasteiger partial charge in [0.1, 0.15) is 5.75 Å². The van der Waals surface area contributed by atoms with Gasteiger partial charge in [-0.2, -0.15) is 0 Å². The second kappa shape index (κ2) is 8.02. The molecular formula is C22H23NO3. The maximum absolute atomic E-state index is 12.7. The van der Waals surface area contributed by atoms with Gasteiger partial charge in [0, 0.05) is 0 Å². The van der Waals surface area contributed by atoms with Crippen LogP contribution in [-0.2, 0) is 4.79 Å². The molecule has 1 aliphatic rings. The molecule has 4 nitrogen and oxygen atoms in total. The molecule has 0 heterocycles. The molecule has 2 N–H and O–H groups in total. The molecule has 2 aromatic carbocycles. The first kappa shape index (κ1) is 18.0. The zero-order valence-corrected chi connectivity index (χ0v) is 14.8. The summed E-state index contributed by atoms with van der Waals surface area (Å²) in [5, 5.41) is 13.4. The lowest BCUT2D eigenvalue weighted by Crippen LogP contribution is -2.33. The van der Waals surface area contributed by atoms with Crippen molar-refractivity contribution in [1.29, 1.82) is 0 Å². The predicted molar refractivity (Wildman–Crippen MR) is 104 cm³/mol. The van der Waals surface area contributed by atoms with Gasteiger partial charge in [-0.25, -0.2) is 0 Å². The Bertz CT molecular complexity index is 807. The van der Waals surface area contributed by atoms with Crippen LogP contribution in [-0.4, -0.2) is 24.2 Å². The molecule has 1 amide bonds. The van der Waals surface area contributed by atoms with E-state index in [0.717, 1.165) is 5.56 Å². The molecule has 1 saturated carbocycles. The first-order valence-electron chi connectivity index (χ1n) is 8.68. The fourth-order valence-electron chi connectivity index (χ4n) is 2.87. The molecule has 1 aliphatic carbocycles. The Morgan fingerprint density at radius 3 is 2.50 bits per heavy atom. The lowest BCUT2D eigenvalue weighted by molar-refractivity contribution is -0.124. The number of nitrogens with one attached hydrogen (secondary N) is 1. The minimum atomic E-state index is -0.822. The van der Waals surface area contributed by atoms with Crippen LogP contribution >= 0.6 is 0 Å². The van der Waals surface area contributed by atoms with Crippen LogP contribution in [0, 0.1) is 5.41 Å². The molecule has 1 fully saturated rings. The zero-order chi connectivity index (χ0) is 18.4. The number of para-hydroxylation sites is 2. The van der Waals surface area contributed by atoms with Gasteiger partial charge in [0.25, 0.3) is 0 Å². The van der Waals surface area contributed by atoms with E-state index in [0.29, 0.717) is 24.3 Å². The maximum Gasteiger partial charge on any atom is 0.233 e. The van der Waals surface area contributed by atoms with E-state index in [1.54, 1.807) is 31.4 Å². The van der Waals surface area contributed by atoms with Crippen molar-refractivity contribution in [2.24, 2.45) is 5.41 Å². The third-order valence-corrected chi connectivity index (χ3v) is 4.65. The van der Waals surface area contributed by atoms with Crippen molar-refractivity contribution >= 4 is 17.7 Å². The number of hydrogen-bond donors (Lipinski definition) is 2. The first-order chi connectivity index (χ1) is 12.7. The monoisotopic (exact) mass is 349 g/mol. The topological polar surface area (TPSA) is 58.6 Å². The highest BCUT2D eigenvalue weighted by Gasteiger charge is 2.54. The number of carbonyl (C=O) groups is 1. The number of aliphatic hydroxyl groups excluding tert-OH is 1. The Morgan fingerprint density at radius 1 is 1.12 bits per heavy atom. The molecule has 1 atom stereocenters. The number of allylic oxidation sites excluding steroid dienone is 2. The number of hydrogen-bond acceptors (Lipinski definition) is 3. The van der Waals surface area contributed by atoms with Crippen LogP contribution in [0.4, 0.5) is 5.69 Å². The van der Waals surface area contributed by atoms with Crippen molar-refractivity contribution in [3.8, 4) is 5.75 Å². The van der Waals surface area contributed by atoms with Crippen LogP contribution in [0.25, 0.3) is 6.08 Å². The van der Waals surface area contributed by atoms with E-state index in [2.05, 4.69) is 5.32 Å². The lowest BCUT2D eigenvalue weighted by atomic mass is 9.97. The molecule has 0 saturated heterocycles. The average molecular weight is 349 g/mol. The van der Waals surface area contributed by atoms with Gasteiger partial charge < -0.3 is 15.2 Å². The second-order valence-electron chi connectivity index (χ2n) is 6.41. The maximum atomic E-state index is 12.7. The second-order valence-corrected chi connectivity index (χ2v) is 6.41. The van der Waals surface area contributed by atoms with Crippen molar-refractivity contribution < 1.29 is 14.6 Å². The van der Waals surface area contributed by atoms with Gasteiger partial charge in [-0.1, -0.05) is 66.8 Å². The summed E-state index contributed by atoms with van der Waals surface area (Å²) in [4.78, 5) is 12.7. The van der Waals surface area contributed by atoms with Crippen molar-refractivity contribution in [3.63, 3.8) is 0 Å². The van der Waals surface area contributed by atoms with E-state index in [4.69, 9.17) is 4.74 Å². The number of amides is 1. The van der Waals surface area contributed by atoms with Crippen LogP contribution in [0.15, 0.2) is 72.8 Å². The SMILES string of the molecule is COc1ccccc1NC(=O)C1(C(O)/C=C/C=C/c2ccccc2)CC1. The number of methoxy groups -OCH3 is 1. The van der Waals surface area contributed by atoms with Gasteiger partial charge in [0.2, 0.25) is 5.91 Å². The van der Waals surface area contributed by atoms with Crippen molar-refractivity contribution in [1.82, 2.24) is 0 Å². The summed E-state index contributed by atoms with van der Waals surface area (Å²) >= 11 is 0. The fourth-order valence-corrected chi connectivity index (χ4v) is 2.87. The summed E-state index contributed by atoms with van der Waals surface area (Å²) in [6, 6.07) is 17.2. The van der Waals surface area contributed by atoms with E-state index in [-0.39, 0.29) is 5.91 Å². The minimum absolute atomic E-state index is 0.175. The Morgan fingerprint density at radius 2 is 1.81 bits per heavy atom. The number of rotatable bonds is 7. The summed E-state index contributed by atoms with van der Waals surface area (Å²) in [5.41, 5.74) is 0.950. The largest absolute Gasteiger partial charge is 0.495 e. The van der Waals surface area contributed by atoms with E-state index >= 15 is 0 Å². The quantitative estimate of drug-likeness (QED) is 0.742. The molecule has 0 radical (unpaired) electrons. The molecular weight excluding hydrogens is 326 g/mol. The Kier molecular flexibility index (Phi) is 5.54. The van der Waals surface area contributed by atoms with Crippen LogP contribution in [0.5, 0.6) is 5.75 Å². The molecule has 2 aromatic rings. The summed E-state index contributed by atoms with van der Waals surface area (Å²) in [5.74, 6) is 0.429. The number of aliphatic hydroxyl groups is 1. The molecule has 0 aliphatic heterocycles. The van der Waals surface area contributed by atoms with Crippen LogP contribution in [0.2, 0.25) is 0 Å². The number of carbonyl (C=O) groups excluding carboxylic acids is 1. The van der Waals surface area contributed by atoms with Crippen LogP contribution in [0.3, 0.4) is 0 Å². The molecule has 0 spiro atoms. The van der Waals surface area contributed by atoms with E-state index < -0.39 is 11.5 Å². The number of benzene rings is 2. The summed E-state index contributed by atoms with van der Waals surface area (Å²) in [6.45, 7) is 0. The van der Waals surface area contributed by atoms with Gasteiger partial charge >= 0.3 is 0 Å². The van der Waals surface area contributed by atoms with Gasteiger partial charge in [0.15, 0.2) is 0 Å². The molecule has 3 rings (SSSR count). The minimum Gasteiger partial charge on any atom is -0.495 e. The molecule has 0 bridgehead atoms. The van der Waals surface area contributed by atoms with Crippen molar-refractivity contribution in [2.75, 3.05) is 12.4 Å². The standard InChI is InChI=1S/C22H23NO3/c1-26-19-13-7-6-12-18(19)23-21(25)22(15-16-22)20(24)14-8-5-11-17-9-3-2-4-10-17/h2-14,20,24H,15-16H2,1H3,(H,23,25)/b11-5+,14-8+. The van der Waals surface area contributed by atoms with Gasteiger partial charge in [-0.15, -0.1) is 0 Å². The molecule has 4 heteroatoms. The highest BCUT2D eigenvalue weighted by Crippen LogP contribution is 2.50. The summed E-state index contributed by atoms with van der Waals surface area (Å²) in [7, 11) is 1.56. The molecule has 0 aromatic heterocycles. The number of ether oxygens (including phenoxy) is 1. The van der Waals surface area contributed by atoms with Crippen molar-refractivity contribution in [3.05, 3.63) is 78.4 Å². The number of anilines is 1. The van der Waals surface area contributed by atoms with Crippen molar-refractivity contribution in [2.45, 2.75) is 18.9 Å². The fraction of sp³-hybridized carbons (Fsp3) is 0.227.